The Bertz CT molecular complexity index is 594. The van der Waals surface area contributed by atoms with Gasteiger partial charge in [-0.05, 0) is 30.7 Å². The van der Waals surface area contributed by atoms with E-state index in [1.807, 2.05) is 26.8 Å². The number of aryl methyl sites for hydroxylation is 1. The van der Waals surface area contributed by atoms with Crippen molar-refractivity contribution in [2.45, 2.75) is 20.8 Å². The normalized spacial score (nSPS) is 9.35. The number of aromatic nitrogens is 2. The fourth-order valence-corrected chi connectivity index (χ4v) is 1.61. The van der Waals surface area contributed by atoms with Crippen LogP contribution in [0.1, 0.15) is 25.0 Å². The molecule has 2 rings (SSSR count). The van der Waals surface area contributed by atoms with E-state index in [1.165, 1.54) is 6.21 Å². The van der Waals surface area contributed by atoms with E-state index < -0.39 is 0 Å². The van der Waals surface area contributed by atoms with Crippen LogP contribution in [0.25, 0.3) is 0 Å². The minimum absolute atomic E-state index is 0.208. The van der Waals surface area contributed by atoms with Gasteiger partial charge in [0.25, 0.3) is 0 Å². The minimum Gasteiger partial charge on any atom is -0.398 e. The molecule has 0 unspecified atom stereocenters. The lowest BCUT2D eigenvalue weighted by atomic mass is 10.1. The van der Waals surface area contributed by atoms with Gasteiger partial charge in [0.05, 0.1) is 0 Å². The van der Waals surface area contributed by atoms with E-state index in [2.05, 4.69) is 15.3 Å². The number of hydrogen-bond donors (Lipinski definition) is 4. The van der Waals surface area contributed by atoms with Crippen LogP contribution in [0.4, 0.5) is 23.1 Å². The maximum Gasteiger partial charge on any atom is 0.221 e. The molecule has 0 aliphatic heterocycles. The van der Waals surface area contributed by atoms with E-state index in [1.54, 1.807) is 18.3 Å². The molecule has 6 nitrogen and oxygen atoms in total. The summed E-state index contributed by atoms with van der Waals surface area (Å²) in [6, 6.07) is 5.39. The molecule has 20 heavy (non-hydrogen) atoms. The summed E-state index contributed by atoms with van der Waals surface area (Å²) in [7, 11) is 0. The Balaban J connectivity index is 0.000000956. The molecule has 6 N–H and O–H groups in total. The molecule has 1 heterocycles. The van der Waals surface area contributed by atoms with Gasteiger partial charge in [-0.1, -0.05) is 13.8 Å². The van der Waals surface area contributed by atoms with Crippen molar-refractivity contribution < 1.29 is 0 Å². The predicted molar refractivity (Wildman–Crippen MR) is 84.6 cm³/mol. The van der Waals surface area contributed by atoms with E-state index in [0.717, 1.165) is 11.3 Å². The lowest BCUT2D eigenvalue weighted by Gasteiger charge is -2.10. The van der Waals surface area contributed by atoms with Crippen molar-refractivity contribution in [3.8, 4) is 0 Å². The van der Waals surface area contributed by atoms with Gasteiger partial charge in [0, 0.05) is 29.3 Å². The standard InChI is InChI=1S/C12H14N6.C2H6/c1-7-4-9(5-8(6-13)11(7)14)17-10-2-3-16-12(15)18-10;1-2/h2-6,13H,14H2,1H3,(H3,15,16,17,18);1-2H3. The molecule has 6 heteroatoms. The smallest absolute Gasteiger partial charge is 0.221 e. The van der Waals surface area contributed by atoms with E-state index in [9.17, 15) is 0 Å². The highest BCUT2D eigenvalue weighted by Crippen LogP contribution is 2.23. The molecular formula is C14H20N6. The molecule has 0 saturated carbocycles. The molecule has 1 aromatic heterocycles. The molecule has 0 radical (unpaired) electrons. The number of nitrogens with zero attached hydrogens (tertiary/aromatic N) is 2. The number of hydrogen-bond acceptors (Lipinski definition) is 6. The molecule has 0 bridgehead atoms. The second-order valence-electron chi connectivity index (χ2n) is 3.87. The van der Waals surface area contributed by atoms with Crippen LogP contribution < -0.4 is 16.8 Å². The van der Waals surface area contributed by atoms with Gasteiger partial charge in [0.2, 0.25) is 5.95 Å². The quantitative estimate of drug-likeness (QED) is 0.506. The third-order valence-electron chi connectivity index (χ3n) is 2.52. The lowest BCUT2D eigenvalue weighted by molar-refractivity contribution is 1.18. The molecule has 0 aliphatic rings. The molecule has 0 aliphatic carbocycles. The third-order valence-corrected chi connectivity index (χ3v) is 2.52. The van der Waals surface area contributed by atoms with Crippen LogP contribution in [0.3, 0.4) is 0 Å². The summed E-state index contributed by atoms with van der Waals surface area (Å²) in [6.07, 6.45) is 2.80. The molecule has 2 aromatic rings. The third kappa shape index (κ3) is 3.68. The summed E-state index contributed by atoms with van der Waals surface area (Å²) in [4.78, 5) is 7.86. The van der Waals surface area contributed by atoms with Crippen LogP contribution in [0.2, 0.25) is 0 Å². The molecule has 1 aromatic carbocycles. The van der Waals surface area contributed by atoms with E-state index in [0.29, 0.717) is 17.1 Å². The second kappa shape index (κ2) is 7.08. The Morgan fingerprint density at radius 1 is 1.25 bits per heavy atom. The van der Waals surface area contributed by atoms with Crippen LogP contribution in [-0.4, -0.2) is 16.2 Å². The van der Waals surface area contributed by atoms with Crippen LogP contribution in [-0.2, 0) is 0 Å². The summed E-state index contributed by atoms with van der Waals surface area (Å²) >= 11 is 0. The SMILES string of the molecule is CC.Cc1cc(Nc2ccnc(N)n2)cc(C=N)c1N. The van der Waals surface area contributed by atoms with Gasteiger partial charge in [0.1, 0.15) is 5.82 Å². The van der Waals surface area contributed by atoms with Gasteiger partial charge in [-0.2, -0.15) is 4.98 Å². The maximum absolute atomic E-state index is 7.31. The highest BCUT2D eigenvalue weighted by molar-refractivity contribution is 5.88. The van der Waals surface area contributed by atoms with Gasteiger partial charge in [-0.15, -0.1) is 0 Å². The number of nitrogens with one attached hydrogen (secondary N) is 2. The zero-order valence-electron chi connectivity index (χ0n) is 11.9. The zero-order valence-corrected chi connectivity index (χ0v) is 11.9. The van der Waals surface area contributed by atoms with E-state index >= 15 is 0 Å². The first-order valence-corrected chi connectivity index (χ1v) is 6.36. The van der Waals surface area contributed by atoms with Gasteiger partial charge in [-0.25, -0.2) is 4.98 Å². The Morgan fingerprint density at radius 2 is 1.95 bits per heavy atom. The lowest BCUT2D eigenvalue weighted by Crippen LogP contribution is -2.02. The van der Waals surface area contributed by atoms with E-state index in [4.69, 9.17) is 16.9 Å². The van der Waals surface area contributed by atoms with Crippen molar-refractivity contribution in [1.29, 1.82) is 5.41 Å². The summed E-state index contributed by atoms with van der Waals surface area (Å²) in [6.45, 7) is 5.89. The fraction of sp³-hybridized carbons (Fsp3) is 0.214. The van der Waals surface area contributed by atoms with Crippen LogP contribution >= 0.6 is 0 Å². The molecule has 0 amide bonds. The average Bonchev–Trinajstić information content (AvgIpc) is 2.45. The number of benzene rings is 1. The zero-order chi connectivity index (χ0) is 15.1. The fourth-order valence-electron chi connectivity index (χ4n) is 1.61. The molecule has 0 atom stereocenters. The summed E-state index contributed by atoms with van der Waals surface area (Å²) in [5, 5.41) is 10.4. The van der Waals surface area contributed by atoms with Gasteiger partial charge >= 0.3 is 0 Å². The monoisotopic (exact) mass is 272 g/mol. The van der Waals surface area contributed by atoms with Crippen molar-refractivity contribution in [3.05, 3.63) is 35.5 Å². The van der Waals surface area contributed by atoms with Crippen LogP contribution in [0, 0.1) is 12.3 Å². The summed E-state index contributed by atoms with van der Waals surface area (Å²) < 4.78 is 0. The Kier molecular flexibility index (Phi) is 5.46. The minimum atomic E-state index is 0.208. The summed E-state index contributed by atoms with van der Waals surface area (Å²) in [5.74, 6) is 0.807. The van der Waals surface area contributed by atoms with Crippen molar-refractivity contribution in [2.75, 3.05) is 16.8 Å². The number of anilines is 4. The Morgan fingerprint density at radius 3 is 2.55 bits per heavy atom. The van der Waals surface area contributed by atoms with Crippen molar-refractivity contribution in [2.24, 2.45) is 0 Å². The van der Waals surface area contributed by atoms with Crippen molar-refractivity contribution in [1.82, 2.24) is 9.97 Å². The molecular weight excluding hydrogens is 252 g/mol. The molecule has 0 spiro atoms. The average molecular weight is 272 g/mol. The van der Waals surface area contributed by atoms with Crippen molar-refractivity contribution in [3.63, 3.8) is 0 Å². The van der Waals surface area contributed by atoms with Gasteiger partial charge in [0.15, 0.2) is 0 Å². The molecule has 0 fully saturated rings. The first-order valence-electron chi connectivity index (χ1n) is 6.36. The first-order chi connectivity index (χ1) is 9.60. The maximum atomic E-state index is 7.31. The molecule has 106 valence electrons. The second-order valence-corrected chi connectivity index (χ2v) is 3.87. The largest absolute Gasteiger partial charge is 0.398 e. The highest BCUT2D eigenvalue weighted by atomic mass is 15.1. The van der Waals surface area contributed by atoms with Gasteiger partial charge < -0.3 is 22.2 Å². The van der Waals surface area contributed by atoms with Crippen LogP contribution in [0.5, 0.6) is 0 Å². The topological polar surface area (TPSA) is 114 Å². The summed E-state index contributed by atoms with van der Waals surface area (Å²) in [5.41, 5.74) is 14.3. The first kappa shape index (κ1) is 15.4. The Labute approximate surface area is 118 Å². The number of nitrogen functional groups attached to an aromatic ring is 2. The van der Waals surface area contributed by atoms with Gasteiger partial charge in [-0.3, -0.25) is 0 Å². The highest BCUT2D eigenvalue weighted by Gasteiger charge is 2.04. The van der Waals surface area contributed by atoms with Crippen molar-refractivity contribution >= 4 is 29.4 Å². The number of nitrogens with two attached hydrogens (primary N) is 2. The predicted octanol–water partition coefficient (Wildman–Crippen LogP) is 2.72. The molecule has 0 saturated heterocycles. The van der Waals surface area contributed by atoms with E-state index in [-0.39, 0.29) is 5.95 Å². The van der Waals surface area contributed by atoms with Crippen LogP contribution in [0.15, 0.2) is 24.4 Å². The number of rotatable bonds is 3. The Hall–Kier alpha value is -2.63.